The summed E-state index contributed by atoms with van der Waals surface area (Å²) in [5.74, 6) is -0.570. The Morgan fingerprint density at radius 1 is 1.29 bits per heavy atom. The molecule has 0 N–H and O–H groups in total. The van der Waals surface area contributed by atoms with Crippen molar-refractivity contribution in [3.05, 3.63) is 23.7 Å². The number of nitrogens with zero attached hydrogens (tertiary/aromatic N) is 3. The van der Waals surface area contributed by atoms with Crippen molar-refractivity contribution in [2.45, 2.75) is 50.7 Å². The van der Waals surface area contributed by atoms with Crippen LogP contribution >= 0.6 is 11.6 Å². The quantitative estimate of drug-likeness (QED) is 0.741. The third kappa shape index (κ3) is 2.00. The highest BCUT2D eigenvalue weighted by atomic mass is 35.5. The lowest BCUT2D eigenvalue weighted by molar-refractivity contribution is -0.169. The van der Waals surface area contributed by atoms with Crippen LogP contribution in [-0.4, -0.2) is 45.7 Å². The van der Waals surface area contributed by atoms with E-state index in [1.54, 1.807) is 0 Å². The van der Waals surface area contributed by atoms with Gasteiger partial charge in [-0.05, 0) is 32.8 Å². The molecule has 5 rings (SSSR count). The third-order valence-corrected chi connectivity index (χ3v) is 5.98. The van der Waals surface area contributed by atoms with Crippen molar-refractivity contribution < 1.29 is 14.2 Å². The molecule has 4 heterocycles. The van der Waals surface area contributed by atoms with Gasteiger partial charge in [-0.2, -0.15) is 0 Å². The lowest BCUT2D eigenvalue weighted by atomic mass is 9.83. The Labute approximate surface area is 145 Å². The van der Waals surface area contributed by atoms with E-state index in [0.29, 0.717) is 5.15 Å². The molecule has 0 unspecified atom stereocenters. The first-order valence-electron chi connectivity index (χ1n) is 8.40. The molecule has 2 aliphatic heterocycles. The second-order valence-corrected chi connectivity index (χ2v) is 7.94. The molecule has 2 aromatic heterocycles. The van der Waals surface area contributed by atoms with Gasteiger partial charge in [-0.25, -0.2) is 9.97 Å². The Hall–Kier alpha value is -1.21. The summed E-state index contributed by atoms with van der Waals surface area (Å²) >= 11 is 6.21. The maximum Gasteiger partial charge on any atom is 0.163 e. The minimum atomic E-state index is -0.570. The average Bonchev–Trinajstić information content (AvgIpc) is 3.25. The summed E-state index contributed by atoms with van der Waals surface area (Å²) < 4.78 is 20.5. The normalized spacial score (nSPS) is 37.5. The maximum absolute atomic E-state index is 6.30. The van der Waals surface area contributed by atoms with E-state index in [2.05, 4.69) is 14.5 Å². The number of hydrogen-bond acceptors (Lipinski definition) is 5. The largest absolute Gasteiger partial charge is 0.381 e. The molecule has 128 valence electrons. The van der Waals surface area contributed by atoms with Crippen LogP contribution in [0, 0.1) is 5.41 Å². The smallest absolute Gasteiger partial charge is 0.163 e. The summed E-state index contributed by atoms with van der Waals surface area (Å²) in [5.41, 5.74) is 0.874. The van der Waals surface area contributed by atoms with Crippen molar-refractivity contribution >= 4 is 22.6 Å². The molecule has 24 heavy (non-hydrogen) atoms. The summed E-state index contributed by atoms with van der Waals surface area (Å²) in [6.45, 7) is 5.50. The van der Waals surface area contributed by atoms with E-state index in [4.69, 9.17) is 25.8 Å². The molecule has 0 amide bonds. The summed E-state index contributed by atoms with van der Waals surface area (Å²) in [5, 5.41) is 1.36. The molecular weight excluding hydrogens is 330 g/mol. The highest BCUT2D eigenvalue weighted by Gasteiger charge is 2.63. The van der Waals surface area contributed by atoms with Crippen LogP contribution in [0.3, 0.4) is 0 Å². The molecule has 0 bridgehead atoms. The van der Waals surface area contributed by atoms with E-state index in [0.717, 1.165) is 37.1 Å². The van der Waals surface area contributed by atoms with Gasteiger partial charge in [-0.15, -0.1) is 0 Å². The highest BCUT2D eigenvalue weighted by molar-refractivity contribution is 6.33. The minimum Gasteiger partial charge on any atom is -0.381 e. The molecule has 0 radical (unpaired) electrons. The molecule has 3 fully saturated rings. The van der Waals surface area contributed by atoms with Crippen molar-refractivity contribution in [1.29, 1.82) is 0 Å². The average molecular weight is 350 g/mol. The Balaban J connectivity index is 1.61. The number of fused-ring (bicyclic) bond motifs is 3. The monoisotopic (exact) mass is 349 g/mol. The standard InChI is InChI=1S/C17H20ClN3O3/c1-16(2)23-12-11(7-17(13(12)24-16)4-6-22-8-17)21-5-3-10-14(18)19-9-20-15(10)21/h3,5,9,11-13H,4,6-8H2,1-2H3/t11-,12+,13+,17+/m1/s1. The van der Waals surface area contributed by atoms with Crippen LogP contribution in [0.1, 0.15) is 32.7 Å². The molecule has 6 nitrogen and oxygen atoms in total. The topological polar surface area (TPSA) is 58.4 Å². The Morgan fingerprint density at radius 3 is 2.96 bits per heavy atom. The zero-order valence-corrected chi connectivity index (χ0v) is 14.5. The Morgan fingerprint density at radius 2 is 2.17 bits per heavy atom. The molecule has 2 aromatic rings. The predicted octanol–water partition coefficient (Wildman–Crippen LogP) is 2.96. The molecule has 2 saturated heterocycles. The van der Waals surface area contributed by atoms with Crippen LogP contribution in [0.25, 0.3) is 11.0 Å². The van der Waals surface area contributed by atoms with Crippen molar-refractivity contribution in [3.8, 4) is 0 Å². The third-order valence-electron chi connectivity index (χ3n) is 5.68. The lowest BCUT2D eigenvalue weighted by Crippen LogP contribution is -2.36. The molecular formula is C17H20ClN3O3. The van der Waals surface area contributed by atoms with Gasteiger partial charge in [0.1, 0.15) is 23.2 Å². The van der Waals surface area contributed by atoms with Crippen LogP contribution < -0.4 is 0 Å². The van der Waals surface area contributed by atoms with E-state index in [1.807, 2.05) is 26.1 Å². The highest BCUT2D eigenvalue weighted by Crippen LogP contribution is 2.57. The summed E-state index contributed by atoms with van der Waals surface area (Å²) in [7, 11) is 0. The number of rotatable bonds is 1. The molecule has 1 spiro atoms. The number of halogens is 1. The van der Waals surface area contributed by atoms with Gasteiger partial charge in [0.25, 0.3) is 0 Å². The van der Waals surface area contributed by atoms with Crippen molar-refractivity contribution in [1.82, 2.24) is 14.5 Å². The van der Waals surface area contributed by atoms with Crippen LogP contribution in [0.5, 0.6) is 0 Å². The first-order valence-corrected chi connectivity index (χ1v) is 8.77. The van der Waals surface area contributed by atoms with E-state index in [9.17, 15) is 0 Å². The van der Waals surface area contributed by atoms with E-state index < -0.39 is 5.79 Å². The van der Waals surface area contributed by atoms with Crippen LogP contribution in [0.4, 0.5) is 0 Å². The molecule has 4 atom stereocenters. The minimum absolute atomic E-state index is 0.00830. The van der Waals surface area contributed by atoms with E-state index >= 15 is 0 Å². The zero-order chi connectivity index (χ0) is 16.5. The first kappa shape index (κ1) is 15.1. The van der Waals surface area contributed by atoms with Gasteiger partial charge in [0.05, 0.1) is 24.1 Å². The van der Waals surface area contributed by atoms with Crippen molar-refractivity contribution in [3.63, 3.8) is 0 Å². The SMILES string of the molecule is CC1(C)O[C@H]2[C@H](n3ccc4c(Cl)ncnc43)C[C@]3(CCOC3)[C@H]2O1. The summed E-state index contributed by atoms with van der Waals surface area (Å²) in [6, 6.07) is 2.13. The summed E-state index contributed by atoms with van der Waals surface area (Å²) in [4.78, 5) is 8.52. The maximum atomic E-state index is 6.30. The second kappa shape index (κ2) is 4.91. The number of ether oxygens (including phenoxy) is 3. The number of aromatic nitrogens is 3. The van der Waals surface area contributed by atoms with Gasteiger partial charge in [-0.3, -0.25) is 0 Å². The fourth-order valence-corrected chi connectivity index (χ4v) is 4.86. The second-order valence-electron chi connectivity index (χ2n) is 7.58. The first-order chi connectivity index (χ1) is 11.5. The Bertz CT molecular complexity index is 799. The lowest BCUT2D eigenvalue weighted by Gasteiger charge is -2.29. The molecule has 1 aliphatic carbocycles. The van der Waals surface area contributed by atoms with Gasteiger partial charge >= 0.3 is 0 Å². The van der Waals surface area contributed by atoms with Gasteiger partial charge in [0.2, 0.25) is 0 Å². The number of hydrogen-bond donors (Lipinski definition) is 0. The molecule has 1 saturated carbocycles. The fourth-order valence-electron chi connectivity index (χ4n) is 4.67. The van der Waals surface area contributed by atoms with Gasteiger partial charge < -0.3 is 18.8 Å². The molecule has 3 aliphatic rings. The van der Waals surface area contributed by atoms with Gasteiger partial charge in [0, 0.05) is 18.2 Å². The van der Waals surface area contributed by atoms with Crippen LogP contribution in [0.2, 0.25) is 5.15 Å². The van der Waals surface area contributed by atoms with E-state index in [1.165, 1.54) is 6.33 Å². The zero-order valence-electron chi connectivity index (χ0n) is 13.7. The Kier molecular flexibility index (Phi) is 3.09. The van der Waals surface area contributed by atoms with Gasteiger partial charge in [-0.1, -0.05) is 11.6 Å². The molecule has 0 aromatic carbocycles. The van der Waals surface area contributed by atoms with Crippen LogP contribution in [-0.2, 0) is 14.2 Å². The molecule has 7 heteroatoms. The summed E-state index contributed by atoms with van der Waals surface area (Å²) in [6.07, 6.45) is 5.57. The van der Waals surface area contributed by atoms with Gasteiger partial charge in [0.15, 0.2) is 5.79 Å². The van der Waals surface area contributed by atoms with Crippen molar-refractivity contribution in [2.24, 2.45) is 5.41 Å². The van der Waals surface area contributed by atoms with E-state index in [-0.39, 0.29) is 23.7 Å². The fraction of sp³-hybridized carbons (Fsp3) is 0.647. The van der Waals surface area contributed by atoms with Crippen LogP contribution in [0.15, 0.2) is 18.6 Å². The van der Waals surface area contributed by atoms with Crippen molar-refractivity contribution in [2.75, 3.05) is 13.2 Å². The predicted molar refractivity (Wildman–Crippen MR) is 87.9 cm³/mol.